The van der Waals surface area contributed by atoms with Crippen molar-refractivity contribution in [3.05, 3.63) is 0 Å². The third-order valence-corrected chi connectivity index (χ3v) is 7.36. The van der Waals surface area contributed by atoms with Crippen LogP contribution in [0.3, 0.4) is 0 Å². The molecule has 2 unspecified atom stereocenters. The van der Waals surface area contributed by atoms with Gasteiger partial charge in [0.25, 0.3) is 0 Å². The molecule has 0 bridgehead atoms. The van der Waals surface area contributed by atoms with E-state index in [4.69, 9.17) is 14.8 Å². The van der Waals surface area contributed by atoms with Crippen LogP contribution < -0.4 is 5.73 Å². The highest BCUT2D eigenvalue weighted by Crippen LogP contribution is 2.44. The molecule has 0 aliphatic heterocycles. The molecule has 34 heavy (non-hydrogen) atoms. The maximum atomic E-state index is 11.9. The molecule has 0 radical (unpaired) electrons. The number of phosphoric ester groups is 1. The predicted molar refractivity (Wildman–Crippen MR) is 149 cm³/mol. The van der Waals surface area contributed by atoms with E-state index in [1.54, 1.807) is 0 Å². The van der Waals surface area contributed by atoms with Crippen molar-refractivity contribution in [3.63, 3.8) is 0 Å². The summed E-state index contributed by atoms with van der Waals surface area (Å²) in [6.45, 7) is 16.9. The fourth-order valence-electron chi connectivity index (χ4n) is 3.74. The molecule has 0 aliphatic rings. The van der Waals surface area contributed by atoms with Gasteiger partial charge in [0.2, 0.25) is 0 Å². The first-order valence-corrected chi connectivity index (χ1v) is 15.9. The second kappa shape index (κ2) is 23.5. The predicted octanol–water partition coefficient (Wildman–Crippen LogP) is 9.27. The number of phosphoric acid groups is 1. The number of hydrogen-bond acceptors (Lipinski definition) is 4. The fourth-order valence-corrected chi connectivity index (χ4v) is 4.61. The van der Waals surface area contributed by atoms with Crippen molar-refractivity contribution < 1.29 is 18.5 Å². The van der Waals surface area contributed by atoms with E-state index in [1.807, 2.05) is 0 Å². The summed E-state index contributed by atoms with van der Waals surface area (Å²) in [6, 6.07) is 0. The molecule has 6 heteroatoms. The lowest BCUT2D eigenvalue weighted by atomic mass is 9.89. The largest absolute Gasteiger partial charge is 0.472 e. The zero-order valence-electron chi connectivity index (χ0n) is 24.1. The van der Waals surface area contributed by atoms with Gasteiger partial charge < -0.3 is 10.6 Å². The van der Waals surface area contributed by atoms with E-state index in [-0.39, 0.29) is 0 Å². The Hall–Kier alpha value is 0.0700. The van der Waals surface area contributed by atoms with Gasteiger partial charge in [0.05, 0.1) is 13.2 Å². The van der Waals surface area contributed by atoms with E-state index in [0.29, 0.717) is 30.5 Å². The molecule has 0 aromatic heterocycles. The highest BCUT2D eigenvalue weighted by molar-refractivity contribution is 7.47. The van der Waals surface area contributed by atoms with Crippen LogP contribution in [0, 0.1) is 17.3 Å². The molecule has 0 aliphatic carbocycles. The van der Waals surface area contributed by atoms with Crippen LogP contribution in [0.5, 0.6) is 0 Å². The van der Waals surface area contributed by atoms with Crippen LogP contribution >= 0.6 is 7.82 Å². The molecule has 0 saturated heterocycles. The van der Waals surface area contributed by atoms with Crippen molar-refractivity contribution in [2.45, 2.75) is 145 Å². The van der Waals surface area contributed by atoms with Crippen LogP contribution in [0.4, 0.5) is 0 Å². The van der Waals surface area contributed by atoms with E-state index in [9.17, 15) is 9.46 Å². The van der Waals surface area contributed by atoms with Gasteiger partial charge in [0, 0.05) is 0 Å². The van der Waals surface area contributed by atoms with Gasteiger partial charge in [-0.3, -0.25) is 9.05 Å². The summed E-state index contributed by atoms with van der Waals surface area (Å²) in [4.78, 5) is 9.77. The molecule has 3 N–H and O–H groups in total. The highest BCUT2D eigenvalue weighted by atomic mass is 31.2. The highest BCUT2D eigenvalue weighted by Gasteiger charge is 2.24. The average molecular weight is 508 g/mol. The molecule has 2 atom stereocenters. The Morgan fingerprint density at radius 3 is 1.50 bits per heavy atom. The van der Waals surface area contributed by atoms with Crippen molar-refractivity contribution in [2.75, 3.05) is 19.8 Å². The van der Waals surface area contributed by atoms with Crippen LogP contribution in [-0.4, -0.2) is 24.7 Å². The molecule has 208 valence electrons. The summed E-state index contributed by atoms with van der Waals surface area (Å²) in [5.74, 6) is 0.687. The van der Waals surface area contributed by atoms with Crippen molar-refractivity contribution in [3.8, 4) is 0 Å². The summed E-state index contributed by atoms with van der Waals surface area (Å²) < 4.78 is 22.2. The Balaban J connectivity index is 0. The minimum Gasteiger partial charge on any atom is -0.330 e. The van der Waals surface area contributed by atoms with Crippen LogP contribution in [0.2, 0.25) is 0 Å². The summed E-state index contributed by atoms with van der Waals surface area (Å²) in [5, 5.41) is 0. The summed E-state index contributed by atoms with van der Waals surface area (Å²) in [6.07, 6.45) is 18.0. The van der Waals surface area contributed by atoms with Gasteiger partial charge in [0.1, 0.15) is 0 Å². The van der Waals surface area contributed by atoms with Crippen molar-refractivity contribution in [2.24, 2.45) is 23.0 Å². The Kier molecular flexibility index (Phi) is 25.0. The monoisotopic (exact) mass is 507 g/mol. The maximum Gasteiger partial charge on any atom is 0.472 e. The lowest BCUT2D eigenvalue weighted by Crippen LogP contribution is -2.12. The average Bonchev–Trinajstić information content (AvgIpc) is 2.78. The molecule has 0 aromatic carbocycles. The number of hydrogen-bond donors (Lipinski definition) is 2. The van der Waals surface area contributed by atoms with E-state index in [2.05, 4.69) is 48.5 Å². The number of rotatable bonds is 21. The third kappa shape index (κ3) is 26.7. The minimum absolute atomic E-state index is 0.316. The molecular weight excluding hydrogens is 445 g/mol. The second-order valence-electron chi connectivity index (χ2n) is 11.1. The Labute approximate surface area is 214 Å². The zero-order valence-corrected chi connectivity index (χ0v) is 25.0. The molecular formula is C28H62NO4P. The SMILES string of the molecule is CC(C)(C)CCCCCCCCN.CCCCC(CC)COP(=O)(O)OCC(CC)CCCC. The van der Waals surface area contributed by atoms with Gasteiger partial charge >= 0.3 is 7.82 Å². The minimum atomic E-state index is -3.89. The van der Waals surface area contributed by atoms with E-state index in [0.717, 1.165) is 57.9 Å². The first-order chi connectivity index (χ1) is 16.0. The summed E-state index contributed by atoms with van der Waals surface area (Å²) >= 11 is 0. The lowest BCUT2D eigenvalue weighted by Gasteiger charge is -2.20. The van der Waals surface area contributed by atoms with Gasteiger partial charge in [-0.05, 0) is 49.5 Å². The normalized spacial score (nSPS) is 15.3. The summed E-state index contributed by atoms with van der Waals surface area (Å²) in [7, 11) is -3.89. The van der Waals surface area contributed by atoms with Crippen molar-refractivity contribution >= 4 is 7.82 Å². The smallest absolute Gasteiger partial charge is 0.330 e. The van der Waals surface area contributed by atoms with Gasteiger partial charge in [-0.2, -0.15) is 0 Å². The Bertz CT molecular complexity index is 444. The molecule has 0 saturated carbocycles. The van der Waals surface area contributed by atoms with Gasteiger partial charge in [-0.1, -0.05) is 119 Å². The van der Waals surface area contributed by atoms with E-state index >= 15 is 0 Å². The fraction of sp³-hybridized carbons (Fsp3) is 1.00. The quantitative estimate of drug-likeness (QED) is 0.119. The third-order valence-electron chi connectivity index (χ3n) is 6.41. The Morgan fingerprint density at radius 2 is 1.15 bits per heavy atom. The second-order valence-corrected chi connectivity index (χ2v) is 12.6. The van der Waals surface area contributed by atoms with E-state index in [1.165, 1.54) is 44.9 Å². The van der Waals surface area contributed by atoms with Gasteiger partial charge in [0.15, 0.2) is 0 Å². The molecule has 0 aromatic rings. The number of unbranched alkanes of at least 4 members (excludes halogenated alkanes) is 7. The number of nitrogens with two attached hydrogens (primary N) is 1. The molecule has 0 heterocycles. The standard InChI is InChI=1S/C16H35O4P.C12H27N/c1-5-9-11-15(7-3)13-19-21(17,18)20-14-16(8-4)12-10-6-2;1-12(2,3)10-8-6-4-5-7-9-11-13/h15-16H,5-14H2,1-4H3,(H,17,18);4-11,13H2,1-3H3. The summed E-state index contributed by atoms with van der Waals surface area (Å²) in [5.41, 5.74) is 5.95. The van der Waals surface area contributed by atoms with Crippen LogP contribution in [0.25, 0.3) is 0 Å². The lowest BCUT2D eigenvalue weighted by molar-refractivity contribution is 0.110. The molecule has 0 amide bonds. The maximum absolute atomic E-state index is 11.9. The topological polar surface area (TPSA) is 81.8 Å². The first-order valence-electron chi connectivity index (χ1n) is 14.4. The molecule has 5 nitrogen and oxygen atoms in total. The van der Waals surface area contributed by atoms with Crippen LogP contribution in [-0.2, 0) is 13.6 Å². The molecule has 0 spiro atoms. The molecule has 0 fully saturated rings. The van der Waals surface area contributed by atoms with Crippen molar-refractivity contribution in [1.82, 2.24) is 0 Å². The Morgan fingerprint density at radius 1 is 0.735 bits per heavy atom. The van der Waals surface area contributed by atoms with Crippen molar-refractivity contribution in [1.29, 1.82) is 0 Å². The van der Waals surface area contributed by atoms with Gasteiger partial charge in [-0.15, -0.1) is 0 Å². The van der Waals surface area contributed by atoms with E-state index < -0.39 is 7.82 Å². The first kappa shape index (κ1) is 36.2. The van der Waals surface area contributed by atoms with Crippen LogP contribution in [0.1, 0.15) is 145 Å². The molecule has 0 rings (SSSR count). The van der Waals surface area contributed by atoms with Gasteiger partial charge in [-0.25, -0.2) is 4.57 Å². The zero-order chi connectivity index (χ0) is 26.3. The van der Waals surface area contributed by atoms with Crippen LogP contribution in [0.15, 0.2) is 0 Å².